The fourth-order valence-corrected chi connectivity index (χ4v) is 1.87. The molecule has 1 rings (SSSR count). The highest BCUT2D eigenvalue weighted by Gasteiger charge is 2.32. The summed E-state index contributed by atoms with van der Waals surface area (Å²) in [7, 11) is 0. The lowest BCUT2D eigenvalue weighted by molar-refractivity contribution is -0.156. The molecule has 4 nitrogen and oxygen atoms in total. The van der Waals surface area contributed by atoms with Crippen molar-refractivity contribution in [1.29, 1.82) is 0 Å². The van der Waals surface area contributed by atoms with Crippen LogP contribution < -0.4 is 0 Å². The Kier molecular flexibility index (Phi) is 5.55. The molecule has 0 amide bonds. The van der Waals surface area contributed by atoms with E-state index >= 15 is 0 Å². The zero-order valence-electron chi connectivity index (χ0n) is 11.9. The van der Waals surface area contributed by atoms with Crippen molar-refractivity contribution in [2.75, 3.05) is 13.2 Å². The van der Waals surface area contributed by atoms with Crippen LogP contribution in [0.5, 0.6) is 0 Å². The molecule has 104 valence electrons. The maximum absolute atomic E-state index is 12.0. The topological polar surface area (TPSA) is 52.6 Å². The van der Waals surface area contributed by atoms with Gasteiger partial charge in [0.1, 0.15) is 0 Å². The monoisotopic (exact) mass is 264 g/mol. The first-order chi connectivity index (χ1) is 9.01. The molecule has 1 aromatic rings. The van der Waals surface area contributed by atoms with E-state index in [2.05, 4.69) is 0 Å². The summed E-state index contributed by atoms with van der Waals surface area (Å²) in [6.45, 7) is 7.67. The molecule has 1 aromatic carbocycles. The fraction of sp³-hybridized carbons (Fsp3) is 0.467. The Morgan fingerprint density at radius 2 is 1.58 bits per heavy atom. The maximum atomic E-state index is 12.0. The van der Waals surface area contributed by atoms with Gasteiger partial charge < -0.3 is 9.47 Å². The molecule has 19 heavy (non-hydrogen) atoms. The number of carbonyl (C=O) groups excluding carboxylic acids is 2. The normalized spacial score (nSPS) is 10.4. The van der Waals surface area contributed by atoms with E-state index < -0.39 is 17.9 Å². The van der Waals surface area contributed by atoms with Crippen LogP contribution in [0.1, 0.15) is 36.5 Å². The number of hydrogen-bond acceptors (Lipinski definition) is 4. The van der Waals surface area contributed by atoms with Crippen LogP contribution in [0.4, 0.5) is 0 Å². The molecule has 0 aliphatic heterocycles. The number of carbonyl (C=O) groups is 2. The first-order valence-corrected chi connectivity index (χ1v) is 6.41. The third kappa shape index (κ3) is 3.81. The van der Waals surface area contributed by atoms with Crippen LogP contribution in [-0.2, 0) is 19.1 Å². The number of hydrogen-bond donors (Lipinski definition) is 0. The Morgan fingerprint density at radius 1 is 1.05 bits per heavy atom. The summed E-state index contributed by atoms with van der Waals surface area (Å²) in [5.41, 5.74) is 2.51. The van der Waals surface area contributed by atoms with Gasteiger partial charge in [0, 0.05) is 0 Å². The summed E-state index contributed by atoms with van der Waals surface area (Å²) in [6, 6.07) is 5.65. The summed E-state index contributed by atoms with van der Waals surface area (Å²) in [5, 5.41) is 0. The lowest BCUT2D eigenvalue weighted by Crippen LogP contribution is -2.27. The quantitative estimate of drug-likeness (QED) is 0.605. The molecule has 0 heterocycles. The molecule has 0 aromatic heterocycles. The van der Waals surface area contributed by atoms with Crippen molar-refractivity contribution in [2.24, 2.45) is 0 Å². The van der Waals surface area contributed by atoms with Crippen molar-refractivity contribution >= 4 is 11.9 Å². The number of esters is 2. The first-order valence-electron chi connectivity index (χ1n) is 6.41. The molecule has 0 aliphatic rings. The Balaban J connectivity index is 3.18. The van der Waals surface area contributed by atoms with Crippen molar-refractivity contribution in [1.82, 2.24) is 0 Å². The summed E-state index contributed by atoms with van der Waals surface area (Å²) < 4.78 is 9.96. The highest BCUT2D eigenvalue weighted by molar-refractivity contribution is 6.01. The van der Waals surface area contributed by atoms with Crippen molar-refractivity contribution in [3.8, 4) is 0 Å². The molecular formula is C15H20O4. The van der Waals surface area contributed by atoms with Crippen molar-refractivity contribution in [2.45, 2.75) is 33.6 Å². The molecule has 0 radical (unpaired) electrons. The molecule has 0 saturated heterocycles. The van der Waals surface area contributed by atoms with Crippen molar-refractivity contribution < 1.29 is 19.1 Å². The second-order valence-electron chi connectivity index (χ2n) is 4.30. The number of ether oxygens (including phenoxy) is 2. The summed E-state index contributed by atoms with van der Waals surface area (Å²) >= 11 is 0. The van der Waals surface area contributed by atoms with E-state index in [-0.39, 0.29) is 13.2 Å². The van der Waals surface area contributed by atoms with Crippen LogP contribution in [0.2, 0.25) is 0 Å². The van der Waals surface area contributed by atoms with Gasteiger partial charge in [0.2, 0.25) is 0 Å². The van der Waals surface area contributed by atoms with Crippen molar-refractivity contribution in [3.05, 3.63) is 34.9 Å². The lowest BCUT2D eigenvalue weighted by atomic mass is 9.93. The Morgan fingerprint density at radius 3 is 2.05 bits per heavy atom. The largest absolute Gasteiger partial charge is 0.465 e. The van der Waals surface area contributed by atoms with E-state index in [1.54, 1.807) is 13.8 Å². The van der Waals surface area contributed by atoms with Gasteiger partial charge in [0.15, 0.2) is 5.92 Å². The number of benzene rings is 1. The molecule has 0 bridgehead atoms. The molecule has 0 unspecified atom stereocenters. The standard InChI is InChI=1S/C15H20O4/c1-5-18-14(16)13(15(17)19-6-2)12-9-10(3)7-8-11(12)4/h7-9,13H,5-6H2,1-4H3. The zero-order chi connectivity index (χ0) is 14.4. The molecule has 4 heteroatoms. The molecule has 0 N–H and O–H groups in total. The smallest absolute Gasteiger partial charge is 0.324 e. The van der Waals surface area contributed by atoms with Crippen LogP contribution in [0.25, 0.3) is 0 Å². The average molecular weight is 264 g/mol. The van der Waals surface area contributed by atoms with Gasteiger partial charge in [-0.3, -0.25) is 9.59 Å². The van der Waals surface area contributed by atoms with Crippen LogP contribution >= 0.6 is 0 Å². The molecule has 0 fully saturated rings. The third-order valence-corrected chi connectivity index (χ3v) is 2.79. The summed E-state index contributed by atoms with van der Waals surface area (Å²) in [6.07, 6.45) is 0. The zero-order valence-corrected chi connectivity index (χ0v) is 11.9. The Labute approximate surface area is 113 Å². The SMILES string of the molecule is CCOC(=O)C(C(=O)OCC)c1cc(C)ccc1C. The second kappa shape index (κ2) is 6.92. The molecule has 0 atom stereocenters. The first kappa shape index (κ1) is 15.2. The van der Waals surface area contributed by atoms with Gasteiger partial charge in [-0.05, 0) is 38.8 Å². The number of rotatable bonds is 5. The molecular weight excluding hydrogens is 244 g/mol. The summed E-state index contributed by atoms with van der Waals surface area (Å²) in [4.78, 5) is 24.0. The highest BCUT2D eigenvalue weighted by atomic mass is 16.6. The van der Waals surface area contributed by atoms with Crippen LogP contribution in [0.15, 0.2) is 18.2 Å². The van der Waals surface area contributed by atoms with E-state index in [0.717, 1.165) is 11.1 Å². The van der Waals surface area contributed by atoms with Crippen LogP contribution in [0, 0.1) is 13.8 Å². The number of aryl methyl sites for hydroxylation is 2. The van der Waals surface area contributed by atoms with Gasteiger partial charge in [-0.25, -0.2) is 0 Å². The Hall–Kier alpha value is -1.84. The molecule has 0 saturated carbocycles. The summed E-state index contributed by atoms with van der Waals surface area (Å²) in [5.74, 6) is -2.12. The van der Waals surface area contributed by atoms with E-state index in [4.69, 9.17) is 9.47 Å². The highest BCUT2D eigenvalue weighted by Crippen LogP contribution is 2.24. The van der Waals surface area contributed by atoms with Gasteiger partial charge >= 0.3 is 11.9 Å². The van der Waals surface area contributed by atoms with Gasteiger partial charge in [-0.15, -0.1) is 0 Å². The van der Waals surface area contributed by atoms with Crippen LogP contribution in [0.3, 0.4) is 0 Å². The van der Waals surface area contributed by atoms with Crippen molar-refractivity contribution in [3.63, 3.8) is 0 Å². The lowest BCUT2D eigenvalue weighted by Gasteiger charge is -2.17. The third-order valence-electron chi connectivity index (χ3n) is 2.79. The van der Waals surface area contributed by atoms with Crippen LogP contribution in [-0.4, -0.2) is 25.2 Å². The minimum absolute atomic E-state index is 0.236. The van der Waals surface area contributed by atoms with E-state index in [9.17, 15) is 9.59 Å². The van der Waals surface area contributed by atoms with E-state index in [1.807, 2.05) is 32.0 Å². The maximum Gasteiger partial charge on any atom is 0.324 e. The van der Waals surface area contributed by atoms with Gasteiger partial charge in [-0.2, -0.15) is 0 Å². The van der Waals surface area contributed by atoms with Gasteiger partial charge in [0.25, 0.3) is 0 Å². The Bertz CT molecular complexity index is 447. The second-order valence-corrected chi connectivity index (χ2v) is 4.30. The predicted octanol–water partition coefficient (Wildman–Crippen LogP) is 2.51. The van der Waals surface area contributed by atoms with E-state index in [1.165, 1.54) is 0 Å². The van der Waals surface area contributed by atoms with Gasteiger partial charge in [-0.1, -0.05) is 23.8 Å². The minimum atomic E-state index is -1.00. The van der Waals surface area contributed by atoms with Gasteiger partial charge in [0.05, 0.1) is 13.2 Å². The fourth-order valence-electron chi connectivity index (χ4n) is 1.87. The molecule has 0 spiro atoms. The van der Waals surface area contributed by atoms with E-state index in [0.29, 0.717) is 5.56 Å². The molecule has 0 aliphatic carbocycles. The predicted molar refractivity (Wildman–Crippen MR) is 71.9 cm³/mol. The average Bonchev–Trinajstić information content (AvgIpc) is 2.34. The minimum Gasteiger partial charge on any atom is -0.465 e.